The Labute approximate surface area is 174 Å². The lowest BCUT2D eigenvalue weighted by Crippen LogP contribution is -2.12. The van der Waals surface area contributed by atoms with Gasteiger partial charge in [0.2, 0.25) is 0 Å². The van der Waals surface area contributed by atoms with Gasteiger partial charge in [0.05, 0.1) is 23.8 Å². The molecule has 0 saturated heterocycles. The van der Waals surface area contributed by atoms with Crippen molar-refractivity contribution in [3.63, 3.8) is 0 Å². The van der Waals surface area contributed by atoms with Crippen molar-refractivity contribution < 1.29 is 21.9 Å². The first kappa shape index (κ1) is 21.9. The molecule has 30 heavy (non-hydrogen) atoms. The fraction of sp³-hybridized carbons (Fsp3) is 0.333. The fourth-order valence-electron chi connectivity index (χ4n) is 3.03. The van der Waals surface area contributed by atoms with Crippen LogP contribution in [0.1, 0.15) is 32.8 Å². The number of nitrogens with zero attached hydrogens (tertiary/aromatic N) is 3. The van der Waals surface area contributed by atoms with Crippen LogP contribution in [0.3, 0.4) is 0 Å². The molecule has 3 aromatic rings. The van der Waals surface area contributed by atoms with Gasteiger partial charge in [-0.25, -0.2) is 21.9 Å². The zero-order chi connectivity index (χ0) is 21.9. The van der Waals surface area contributed by atoms with E-state index < -0.39 is 32.9 Å². The Morgan fingerprint density at radius 3 is 2.63 bits per heavy atom. The molecule has 0 aliphatic carbocycles. The lowest BCUT2D eigenvalue weighted by Gasteiger charge is -2.10. The third-order valence-electron chi connectivity index (χ3n) is 4.26. The summed E-state index contributed by atoms with van der Waals surface area (Å²) in [6.45, 7) is 5.53. The maximum absolute atomic E-state index is 15.0. The summed E-state index contributed by atoms with van der Waals surface area (Å²) < 4.78 is 60.2. The second-order valence-corrected chi connectivity index (χ2v) is 9.39. The van der Waals surface area contributed by atoms with Crippen molar-refractivity contribution in [3.05, 3.63) is 59.8 Å². The third kappa shape index (κ3) is 5.02. The highest BCUT2D eigenvalue weighted by Gasteiger charge is 2.21. The van der Waals surface area contributed by atoms with Crippen LogP contribution < -0.4 is 4.74 Å². The van der Waals surface area contributed by atoms with Crippen molar-refractivity contribution in [2.24, 2.45) is 0 Å². The topological polar surface area (TPSA) is 74.1 Å². The predicted octanol–water partition coefficient (Wildman–Crippen LogP) is 4.32. The summed E-state index contributed by atoms with van der Waals surface area (Å²) in [7, 11) is -3.49. The van der Waals surface area contributed by atoms with Gasteiger partial charge in [-0.1, -0.05) is 30.3 Å². The van der Waals surface area contributed by atoms with E-state index in [9.17, 15) is 17.2 Å². The number of rotatable bonds is 8. The zero-order valence-electron chi connectivity index (χ0n) is 17.0. The first-order valence-electron chi connectivity index (χ1n) is 9.57. The highest BCUT2D eigenvalue weighted by molar-refractivity contribution is 7.90. The second kappa shape index (κ2) is 8.91. The van der Waals surface area contributed by atoms with Gasteiger partial charge in [-0.05, 0) is 38.5 Å². The molecule has 2 aromatic carbocycles. The normalized spacial score (nSPS) is 11.8. The van der Waals surface area contributed by atoms with Gasteiger partial charge in [0.25, 0.3) is 0 Å². The molecular formula is C21H23F2N3O3S. The number of hydrogen-bond acceptors (Lipinski definition) is 5. The van der Waals surface area contributed by atoms with Crippen LogP contribution in [0, 0.1) is 11.6 Å². The van der Waals surface area contributed by atoms with Gasteiger partial charge in [0, 0.05) is 11.1 Å². The van der Waals surface area contributed by atoms with Crippen LogP contribution >= 0.6 is 0 Å². The number of aromatic nitrogens is 3. The molecule has 0 aliphatic rings. The molecule has 0 saturated carbocycles. The summed E-state index contributed by atoms with van der Waals surface area (Å²) in [5, 5.41) is 7.85. The molecule has 9 heteroatoms. The summed E-state index contributed by atoms with van der Waals surface area (Å²) in [5.41, 5.74) is 0.491. The van der Waals surface area contributed by atoms with Gasteiger partial charge in [-0.15, -0.1) is 5.10 Å². The molecule has 160 valence electrons. The van der Waals surface area contributed by atoms with E-state index in [4.69, 9.17) is 4.74 Å². The number of hydrogen-bond donors (Lipinski definition) is 0. The Morgan fingerprint density at radius 1 is 1.17 bits per heavy atom. The quantitative estimate of drug-likeness (QED) is 0.527. The van der Waals surface area contributed by atoms with E-state index in [-0.39, 0.29) is 17.4 Å². The summed E-state index contributed by atoms with van der Waals surface area (Å²) in [6.07, 6.45) is 1.80. The van der Waals surface area contributed by atoms with Crippen molar-refractivity contribution in [3.8, 4) is 22.7 Å². The SMILES string of the molecule is CCCS(=O)(=O)Cc1ccc(F)c(-n2cc(-c3cccc(OC(C)C)c3)nn2)c1F. The Bertz CT molecular complexity index is 1140. The Balaban J connectivity index is 1.96. The molecule has 0 atom stereocenters. The van der Waals surface area contributed by atoms with Gasteiger partial charge in [-0.3, -0.25) is 0 Å². The maximum Gasteiger partial charge on any atom is 0.156 e. The van der Waals surface area contributed by atoms with Gasteiger partial charge < -0.3 is 4.74 Å². The number of sulfone groups is 1. The van der Waals surface area contributed by atoms with Gasteiger partial charge in [0.15, 0.2) is 21.5 Å². The van der Waals surface area contributed by atoms with Crippen LogP contribution in [0.15, 0.2) is 42.6 Å². The van der Waals surface area contributed by atoms with Gasteiger partial charge in [-0.2, -0.15) is 0 Å². The first-order chi connectivity index (χ1) is 14.2. The highest BCUT2D eigenvalue weighted by Crippen LogP contribution is 2.26. The molecular weight excluding hydrogens is 412 g/mol. The summed E-state index contributed by atoms with van der Waals surface area (Å²) in [5.74, 6) is -1.77. The average molecular weight is 435 g/mol. The molecule has 1 aromatic heterocycles. The first-order valence-corrected chi connectivity index (χ1v) is 11.4. The molecule has 0 amide bonds. The molecule has 0 unspecified atom stereocenters. The molecule has 0 spiro atoms. The van der Waals surface area contributed by atoms with Crippen LogP contribution in [0.5, 0.6) is 5.75 Å². The smallest absolute Gasteiger partial charge is 0.156 e. The van der Waals surface area contributed by atoms with Crippen molar-refractivity contribution in [1.82, 2.24) is 15.0 Å². The minimum atomic E-state index is -3.49. The summed E-state index contributed by atoms with van der Waals surface area (Å²) in [6, 6.07) is 9.30. The standard InChI is InChI=1S/C21H23F2N3O3S/c1-4-10-30(27,28)13-16-8-9-18(22)21(20(16)23)26-12-19(24-25-26)15-6-5-7-17(11-15)29-14(2)3/h5-9,11-12,14H,4,10,13H2,1-3H3. The van der Waals surface area contributed by atoms with Crippen molar-refractivity contribution in [2.75, 3.05) is 5.75 Å². The van der Waals surface area contributed by atoms with Crippen molar-refractivity contribution >= 4 is 9.84 Å². The molecule has 6 nitrogen and oxygen atoms in total. The van der Waals surface area contributed by atoms with Crippen molar-refractivity contribution in [1.29, 1.82) is 0 Å². The molecule has 0 N–H and O–H groups in total. The lowest BCUT2D eigenvalue weighted by atomic mass is 10.1. The minimum absolute atomic E-state index is 0.00847. The van der Waals surface area contributed by atoms with Crippen LogP contribution in [0.4, 0.5) is 8.78 Å². The summed E-state index contributed by atoms with van der Waals surface area (Å²) >= 11 is 0. The zero-order valence-corrected chi connectivity index (χ0v) is 17.8. The van der Waals surface area contributed by atoms with Gasteiger partial charge >= 0.3 is 0 Å². The highest BCUT2D eigenvalue weighted by atomic mass is 32.2. The molecule has 0 radical (unpaired) electrons. The molecule has 0 aliphatic heterocycles. The largest absolute Gasteiger partial charge is 0.491 e. The third-order valence-corrected chi connectivity index (χ3v) is 6.04. The van der Waals surface area contributed by atoms with E-state index >= 15 is 0 Å². The molecule has 1 heterocycles. The minimum Gasteiger partial charge on any atom is -0.491 e. The maximum atomic E-state index is 15.0. The average Bonchev–Trinajstić information content (AvgIpc) is 3.13. The Morgan fingerprint density at radius 2 is 1.93 bits per heavy atom. The van der Waals surface area contributed by atoms with Crippen LogP contribution in [-0.4, -0.2) is 35.3 Å². The van der Waals surface area contributed by atoms with E-state index in [1.165, 1.54) is 6.20 Å². The molecule has 3 rings (SSSR count). The van der Waals surface area contributed by atoms with Crippen molar-refractivity contribution in [2.45, 2.75) is 39.0 Å². The van der Waals surface area contributed by atoms with Crippen LogP contribution in [-0.2, 0) is 15.6 Å². The number of ether oxygens (including phenoxy) is 1. The van der Waals surface area contributed by atoms with Gasteiger partial charge in [0.1, 0.15) is 17.1 Å². The Hall–Kier alpha value is -2.81. The van der Waals surface area contributed by atoms with Crippen LogP contribution in [0.25, 0.3) is 16.9 Å². The lowest BCUT2D eigenvalue weighted by molar-refractivity contribution is 0.242. The van der Waals surface area contributed by atoms with E-state index in [1.54, 1.807) is 31.2 Å². The second-order valence-electron chi connectivity index (χ2n) is 7.20. The van der Waals surface area contributed by atoms with E-state index in [0.29, 0.717) is 23.4 Å². The van der Waals surface area contributed by atoms with E-state index in [0.717, 1.165) is 16.8 Å². The van der Waals surface area contributed by atoms with E-state index in [1.807, 2.05) is 13.8 Å². The van der Waals surface area contributed by atoms with Crippen LogP contribution in [0.2, 0.25) is 0 Å². The number of halogens is 2. The molecule has 0 fully saturated rings. The predicted molar refractivity (Wildman–Crippen MR) is 110 cm³/mol. The molecule has 0 bridgehead atoms. The summed E-state index contributed by atoms with van der Waals surface area (Å²) in [4.78, 5) is 0. The monoisotopic (exact) mass is 435 g/mol. The Kier molecular flexibility index (Phi) is 6.50. The van der Waals surface area contributed by atoms with E-state index in [2.05, 4.69) is 10.3 Å². The number of benzene rings is 2. The fourth-order valence-corrected chi connectivity index (χ4v) is 4.49.